The lowest BCUT2D eigenvalue weighted by atomic mass is 9.60. The van der Waals surface area contributed by atoms with E-state index in [1.807, 2.05) is 0 Å². The largest absolute Gasteiger partial charge is 0.227 e. The number of hydrogen-bond donors (Lipinski definition) is 0. The van der Waals surface area contributed by atoms with Crippen LogP contribution in [0.5, 0.6) is 0 Å². The molecular weight excluding hydrogens is 440 g/mol. The van der Waals surface area contributed by atoms with Gasteiger partial charge >= 0.3 is 0 Å². The van der Waals surface area contributed by atoms with Gasteiger partial charge in [-0.25, -0.2) is 9.78 Å². The summed E-state index contributed by atoms with van der Waals surface area (Å²) in [5.41, 5.74) is 6.72. The van der Waals surface area contributed by atoms with E-state index in [0.29, 0.717) is 0 Å². The van der Waals surface area contributed by atoms with Crippen LogP contribution in [0.1, 0.15) is 35.1 Å². The molecule has 0 radical (unpaired) electrons. The lowest BCUT2D eigenvalue weighted by Crippen LogP contribution is -2.56. The summed E-state index contributed by atoms with van der Waals surface area (Å²) in [4.78, 5) is 13.0. The predicted molar refractivity (Wildman–Crippen MR) is 144 cm³/mol. The third kappa shape index (κ3) is 3.19. The summed E-state index contributed by atoms with van der Waals surface area (Å²) >= 11 is 0. The third-order valence-corrected chi connectivity index (χ3v) is 8.38. The number of hydrogen-bond acceptors (Lipinski definition) is 2. The van der Waals surface area contributed by atoms with E-state index in [9.17, 15) is 0 Å². The molecule has 2 aliphatic carbocycles. The van der Waals surface area contributed by atoms with Crippen molar-refractivity contribution in [1.82, 2.24) is 0 Å². The Morgan fingerprint density at radius 2 is 1.03 bits per heavy atom. The molecular formula is C34H28O2. The van der Waals surface area contributed by atoms with E-state index < -0.39 is 5.60 Å². The highest BCUT2D eigenvalue weighted by Gasteiger charge is 2.65. The molecule has 0 unspecified atom stereocenters. The van der Waals surface area contributed by atoms with Crippen LogP contribution in [0.25, 0.3) is 11.1 Å². The Labute approximate surface area is 212 Å². The molecule has 4 aromatic rings. The second-order valence-electron chi connectivity index (χ2n) is 10.2. The van der Waals surface area contributed by atoms with Gasteiger partial charge in [0.15, 0.2) is 0 Å². The maximum absolute atomic E-state index is 6.58. The highest BCUT2D eigenvalue weighted by atomic mass is 17.2. The highest BCUT2D eigenvalue weighted by Crippen LogP contribution is 2.64. The van der Waals surface area contributed by atoms with Gasteiger partial charge in [0, 0.05) is 17.8 Å². The second-order valence-corrected chi connectivity index (χ2v) is 10.2. The van der Waals surface area contributed by atoms with Crippen molar-refractivity contribution in [2.24, 2.45) is 5.92 Å². The van der Waals surface area contributed by atoms with Crippen LogP contribution < -0.4 is 0 Å². The number of rotatable bonds is 4. The molecule has 1 heterocycles. The van der Waals surface area contributed by atoms with Crippen molar-refractivity contribution >= 4 is 11.1 Å². The van der Waals surface area contributed by atoms with E-state index in [4.69, 9.17) is 9.78 Å². The number of allylic oxidation sites excluding steroid dienone is 1. The van der Waals surface area contributed by atoms with Gasteiger partial charge in [0.05, 0.1) is 0 Å². The molecule has 0 N–H and O–H groups in total. The molecule has 1 saturated heterocycles. The first-order valence-electron chi connectivity index (χ1n) is 12.8. The van der Waals surface area contributed by atoms with Gasteiger partial charge in [-0.05, 0) is 45.9 Å². The Morgan fingerprint density at radius 1 is 0.528 bits per heavy atom. The summed E-state index contributed by atoms with van der Waals surface area (Å²) in [5.74, 6) is 0.0984. The van der Waals surface area contributed by atoms with Crippen LogP contribution in [0.3, 0.4) is 0 Å². The van der Waals surface area contributed by atoms with Crippen molar-refractivity contribution < 1.29 is 9.78 Å². The van der Waals surface area contributed by atoms with Gasteiger partial charge in [-0.3, -0.25) is 0 Å². The van der Waals surface area contributed by atoms with Crippen molar-refractivity contribution in [1.29, 1.82) is 0 Å². The molecule has 2 nitrogen and oxygen atoms in total. The van der Waals surface area contributed by atoms with E-state index in [1.54, 1.807) is 0 Å². The molecule has 4 atom stereocenters. The molecule has 0 aromatic heterocycles. The van der Waals surface area contributed by atoms with Crippen molar-refractivity contribution in [3.63, 3.8) is 0 Å². The summed E-state index contributed by atoms with van der Waals surface area (Å²) in [6.45, 7) is 0. The summed E-state index contributed by atoms with van der Waals surface area (Å²) in [7, 11) is 0. The Hall–Kier alpha value is -3.72. The summed E-state index contributed by atoms with van der Waals surface area (Å²) < 4.78 is 0. The Morgan fingerprint density at radius 3 is 1.61 bits per heavy atom. The third-order valence-electron chi connectivity index (χ3n) is 8.38. The molecule has 4 aromatic carbocycles. The fourth-order valence-corrected chi connectivity index (χ4v) is 6.72. The van der Waals surface area contributed by atoms with Crippen molar-refractivity contribution in [3.8, 4) is 0 Å². The SMILES string of the molecule is C1=C(c2ccccc2)C[C@@]2(c3ccccc3)[C@@H]1OO[C@@]1(c3ccccc3)CC(c3ccccc3)=C[C@@H]21. The first-order valence-corrected chi connectivity index (χ1v) is 12.8. The van der Waals surface area contributed by atoms with Crippen LogP contribution in [-0.4, -0.2) is 6.10 Å². The quantitative estimate of drug-likeness (QED) is 0.285. The average Bonchev–Trinajstić information content (AvgIpc) is 3.56. The summed E-state index contributed by atoms with van der Waals surface area (Å²) in [6.07, 6.45) is 6.28. The zero-order valence-corrected chi connectivity index (χ0v) is 20.1. The minimum absolute atomic E-state index is 0.0984. The maximum Gasteiger partial charge on any atom is 0.140 e. The highest BCUT2D eigenvalue weighted by molar-refractivity contribution is 5.75. The predicted octanol–water partition coefficient (Wildman–Crippen LogP) is 7.74. The fraction of sp³-hybridized carbons (Fsp3) is 0.176. The monoisotopic (exact) mass is 468 g/mol. The Kier molecular flexibility index (Phi) is 5.06. The average molecular weight is 469 g/mol. The van der Waals surface area contributed by atoms with Gasteiger partial charge in [0.1, 0.15) is 11.7 Å². The lowest BCUT2D eigenvalue weighted by Gasteiger charge is -2.52. The van der Waals surface area contributed by atoms with E-state index >= 15 is 0 Å². The molecule has 2 heteroatoms. The van der Waals surface area contributed by atoms with Crippen LogP contribution in [0.15, 0.2) is 133 Å². The molecule has 176 valence electrons. The normalized spacial score (nSPS) is 28.7. The fourth-order valence-electron chi connectivity index (χ4n) is 6.72. The molecule has 3 aliphatic rings. The molecule has 0 amide bonds. The number of fused-ring (bicyclic) bond motifs is 3. The Balaban J connectivity index is 1.44. The minimum Gasteiger partial charge on any atom is -0.227 e. The smallest absolute Gasteiger partial charge is 0.140 e. The molecule has 0 bridgehead atoms. The summed E-state index contributed by atoms with van der Waals surface area (Å²) in [6, 6.07) is 43.0. The van der Waals surface area contributed by atoms with Crippen LogP contribution in [-0.2, 0) is 20.8 Å². The van der Waals surface area contributed by atoms with Gasteiger partial charge in [0.25, 0.3) is 0 Å². The molecule has 7 rings (SSSR count). The molecule has 1 aliphatic heterocycles. The minimum atomic E-state index is -0.598. The van der Waals surface area contributed by atoms with Gasteiger partial charge in [-0.1, -0.05) is 127 Å². The van der Waals surface area contributed by atoms with Crippen LogP contribution >= 0.6 is 0 Å². The zero-order valence-electron chi connectivity index (χ0n) is 20.1. The van der Waals surface area contributed by atoms with Crippen molar-refractivity contribution in [2.45, 2.75) is 30.0 Å². The van der Waals surface area contributed by atoms with E-state index in [2.05, 4.69) is 133 Å². The first-order chi connectivity index (χ1) is 17.8. The van der Waals surface area contributed by atoms with Gasteiger partial charge in [-0.2, -0.15) is 0 Å². The van der Waals surface area contributed by atoms with Gasteiger partial charge < -0.3 is 0 Å². The van der Waals surface area contributed by atoms with E-state index in [-0.39, 0.29) is 17.4 Å². The Bertz CT molecular complexity index is 1430. The van der Waals surface area contributed by atoms with E-state index in [0.717, 1.165) is 12.8 Å². The summed E-state index contributed by atoms with van der Waals surface area (Å²) in [5, 5.41) is 0. The topological polar surface area (TPSA) is 18.5 Å². The van der Waals surface area contributed by atoms with E-state index in [1.165, 1.54) is 33.4 Å². The molecule has 0 spiro atoms. The standard InChI is InChI=1S/C34H28O2/c1-5-13-25(14-6-1)27-21-31-33(29-17-9-3-10-18-29)23-28(26-15-7-2-8-16-26)22-32(33)35-36-34(31,24-27)30-19-11-4-12-20-30/h1-22,31-32H,23-24H2/t31-,32+,33-,34+/m0/s1. The van der Waals surface area contributed by atoms with Crippen molar-refractivity contribution in [3.05, 3.63) is 156 Å². The first kappa shape index (κ1) is 21.6. The van der Waals surface area contributed by atoms with Crippen LogP contribution in [0.4, 0.5) is 0 Å². The lowest BCUT2D eigenvalue weighted by molar-refractivity contribution is -0.430. The van der Waals surface area contributed by atoms with Gasteiger partial charge in [0.2, 0.25) is 0 Å². The zero-order chi connectivity index (χ0) is 24.0. The van der Waals surface area contributed by atoms with Crippen LogP contribution in [0.2, 0.25) is 0 Å². The maximum atomic E-state index is 6.58. The molecule has 1 fully saturated rings. The molecule has 0 saturated carbocycles. The van der Waals surface area contributed by atoms with Crippen LogP contribution in [0, 0.1) is 5.92 Å². The van der Waals surface area contributed by atoms with Gasteiger partial charge in [-0.15, -0.1) is 0 Å². The van der Waals surface area contributed by atoms with Crippen molar-refractivity contribution in [2.75, 3.05) is 0 Å². The molecule has 36 heavy (non-hydrogen) atoms. The number of benzene rings is 4. The second kappa shape index (κ2) is 8.44.